The summed E-state index contributed by atoms with van der Waals surface area (Å²) >= 11 is 0. The topological polar surface area (TPSA) is 51.0 Å². The van der Waals surface area contributed by atoms with Crippen LogP contribution < -0.4 is 5.32 Å². The molecule has 0 aliphatic carbocycles. The van der Waals surface area contributed by atoms with Crippen molar-refractivity contribution in [3.05, 3.63) is 11.7 Å². The zero-order valence-electron chi connectivity index (χ0n) is 9.41. The van der Waals surface area contributed by atoms with Crippen molar-refractivity contribution in [1.82, 2.24) is 15.5 Å². The minimum Gasteiger partial charge on any atom is -0.339 e. The molecule has 0 saturated carbocycles. The highest BCUT2D eigenvalue weighted by Crippen LogP contribution is 2.21. The maximum atomic E-state index is 5.21. The van der Waals surface area contributed by atoms with Crippen molar-refractivity contribution < 1.29 is 4.52 Å². The Kier molecular flexibility index (Phi) is 3.73. The van der Waals surface area contributed by atoms with E-state index in [0.29, 0.717) is 5.92 Å². The molecule has 0 radical (unpaired) electrons. The largest absolute Gasteiger partial charge is 0.339 e. The van der Waals surface area contributed by atoms with Crippen molar-refractivity contribution in [3.63, 3.8) is 0 Å². The molecule has 1 fully saturated rings. The summed E-state index contributed by atoms with van der Waals surface area (Å²) in [7, 11) is 0. The van der Waals surface area contributed by atoms with Gasteiger partial charge in [-0.05, 0) is 5.41 Å². The summed E-state index contributed by atoms with van der Waals surface area (Å²) in [6.07, 6.45) is 0.847. The van der Waals surface area contributed by atoms with Crippen LogP contribution in [-0.2, 0) is 6.42 Å². The fourth-order valence-electron chi connectivity index (χ4n) is 1.43. The van der Waals surface area contributed by atoms with Gasteiger partial charge < -0.3 is 9.84 Å². The summed E-state index contributed by atoms with van der Waals surface area (Å²) in [4.78, 5) is 4.40. The average molecular weight is 232 g/mol. The summed E-state index contributed by atoms with van der Waals surface area (Å²) in [6.45, 7) is 8.47. The monoisotopic (exact) mass is 231 g/mol. The predicted octanol–water partition coefficient (Wildman–Crippen LogP) is 1.77. The molecule has 0 aromatic carbocycles. The van der Waals surface area contributed by atoms with Crippen molar-refractivity contribution in [1.29, 1.82) is 0 Å². The SMILES string of the molecule is CC(C)(C)Cc1nc(C2CNC2)no1.Cl. The van der Waals surface area contributed by atoms with Crippen molar-refractivity contribution in [3.8, 4) is 0 Å². The first kappa shape index (κ1) is 12.5. The molecule has 2 heterocycles. The van der Waals surface area contributed by atoms with Crippen molar-refractivity contribution in [2.24, 2.45) is 5.41 Å². The predicted molar refractivity (Wildman–Crippen MR) is 60.3 cm³/mol. The van der Waals surface area contributed by atoms with Gasteiger partial charge in [-0.1, -0.05) is 25.9 Å². The zero-order chi connectivity index (χ0) is 10.2. The molecular formula is C10H18ClN3O. The minimum atomic E-state index is 0. The molecular weight excluding hydrogens is 214 g/mol. The second kappa shape index (κ2) is 4.49. The molecule has 86 valence electrons. The smallest absolute Gasteiger partial charge is 0.227 e. The molecule has 1 aliphatic rings. The maximum absolute atomic E-state index is 5.21. The van der Waals surface area contributed by atoms with Gasteiger partial charge in [0.2, 0.25) is 5.89 Å². The minimum absolute atomic E-state index is 0. The summed E-state index contributed by atoms with van der Waals surface area (Å²) in [5, 5.41) is 7.19. The average Bonchev–Trinajstić information content (AvgIpc) is 2.28. The van der Waals surface area contributed by atoms with Crippen LogP contribution in [0.25, 0.3) is 0 Å². The van der Waals surface area contributed by atoms with E-state index in [1.807, 2.05) is 0 Å². The van der Waals surface area contributed by atoms with Crippen LogP contribution in [0.4, 0.5) is 0 Å². The molecule has 1 aromatic heterocycles. The van der Waals surface area contributed by atoms with Crippen LogP contribution in [0.1, 0.15) is 38.4 Å². The van der Waals surface area contributed by atoms with Crippen molar-refractivity contribution in [2.75, 3.05) is 13.1 Å². The second-order valence-electron chi connectivity index (χ2n) is 5.14. The van der Waals surface area contributed by atoms with Crippen molar-refractivity contribution >= 4 is 12.4 Å². The van der Waals surface area contributed by atoms with Crippen LogP contribution >= 0.6 is 12.4 Å². The Morgan fingerprint density at radius 3 is 2.53 bits per heavy atom. The molecule has 0 bridgehead atoms. The molecule has 2 rings (SSSR count). The van der Waals surface area contributed by atoms with E-state index < -0.39 is 0 Å². The third-order valence-corrected chi connectivity index (χ3v) is 2.31. The van der Waals surface area contributed by atoms with E-state index in [-0.39, 0.29) is 17.8 Å². The molecule has 0 spiro atoms. The lowest BCUT2D eigenvalue weighted by Gasteiger charge is -2.23. The van der Waals surface area contributed by atoms with Gasteiger partial charge in [0.1, 0.15) is 0 Å². The Hall–Kier alpha value is -0.610. The molecule has 1 aromatic rings. The number of rotatable bonds is 2. The maximum Gasteiger partial charge on any atom is 0.227 e. The van der Waals surface area contributed by atoms with Gasteiger partial charge in [-0.2, -0.15) is 4.98 Å². The summed E-state index contributed by atoms with van der Waals surface area (Å²) in [6, 6.07) is 0. The highest BCUT2D eigenvalue weighted by molar-refractivity contribution is 5.85. The molecule has 15 heavy (non-hydrogen) atoms. The van der Waals surface area contributed by atoms with E-state index in [1.165, 1.54) is 0 Å². The number of nitrogens with zero attached hydrogens (tertiary/aromatic N) is 2. The van der Waals surface area contributed by atoms with E-state index >= 15 is 0 Å². The fourth-order valence-corrected chi connectivity index (χ4v) is 1.43. The Morgan fingerprint density at radius 1 is 1.40 bits per heavy atom. The summed E-state index contributed by atoms with van der Waals surface area (Å²) < 4.78 is 5.21. The van der Waals surface area contributed by atoms with E-state index in [1.54, 1.807) is 0 Å². The lowest BCUT2D eigenvalue weighted by Crippen LogP contribution is -2.40. The Balaban J connectivity index is 0.00000112. The fraction of sp³-hybridized carbons (Fsp3) is 0.800. The Morgan fingerprint density at radius 2 is 2.07 bits per heavy atom. The van der Waals surface area contributed by atoms with Gasteiger partial charge in [0.05, 0.1) is 0 Å². The van der Waals surface area contributed by atoms with Crippen LogP contribution in [0, 0.1) is 5.41 Å². The van der Waals surface area contributed by atoms with Crippen LogP contribution in [-0.4, -0.2) is 23.2 Å². The van der Waals surface area contributed by atoms with Crippen LogP contribution in [0.2, 0.25) is 0 Å². The molecule has 0 amide bonds. The second-order valence-corrected chi connectivity index (χ2v) is 5.14. The molecule has 1 N–H and O–H groups in total. The van der Waals surface area contributed by atoms with Gasteiger partial charge in [-0.25, -0.2) is 0 Å². The molecule has 0 atom stereocenters. The van der Waals surface area contributed by atoms with Gasteiger partial charge in [0.25, 0.3) is 0 Å². The number of hydrogen-bond donors (Lipinski definition) is 1. The van der Waals surface area contributed by atoms with Gasteiger partial charge in [0, 0.05) is 25.4 Å². The van der Waals surface area contributed by atoms with E-state index in [0.717, 1.165) is 31.2 Å². The highest BCUT2D eigenvalue weighted by atomic mass is 35.5. The number of hydrogen-bond acceptors (Lipinski definition) is 4. The van der Waals surface area contributed by atoms with Crippen molar-refractivity contribution in [2.45, 2.75) is 33.1 Å². The quantitative estimate of drug-likeness (QED) is 0.843. The van der Waals surface area contributed by atoms with E-state index in [9.17, 15) is 0 Å². The van der Waals surface area contributed by atoms with Gasteiger partial charge in [0.15, 0.2) is 5.82 Å². The standard InChI is InChI=1S/C10H17N3O.ClH/c1-10(2,3)4-8-12-9(13-14-8)7-5-11-6-7;/h7,11H,4-6H2,1-3H3;1H. The van der Waals surface area contributed by atoms with Crippen LogP contribution in [0.3, 0.4) is 0 Å². The molecule has 0 unspecified atom stereocenters. The van der Waals surface area contributed by atoms with E-state index in [2.05, 4.69) is 36.2 Å². The third-order valence-electron chi connectivity index (χ3n) is 2.31. The first-order chi connectivity index (χ1) is 6.54. The molecule has 4 nitrogen and oxygen atoms in total. The molecule has 5 heteroatoms. The Bertz CT molecular complexity index is 315. The summed E-state index contributed by atoms with van der Waals surface area (Å²) in [5.74, 6) is 2.09. The molecule has 1 saturated heterocycles. The van der Waals surface area contributed by atoms with Gasteiger partial charge in [-0.3, -0.25) is 0 Å². The first-order valence-electron chi connectivity index (χ1n) is 5.08. The Labute approximate surface area is 96.2 Å². The lowest BCUT2D eigenvalue weighted by molar-refractivity contribution is 0.308. The highest BCUT2D eigenvalue weighted by Gasteiger charge is 2.25. The zero-order valence-corrected chi connectivity index (χ0v) is 10.2. The van der Waals surface area contributed by atoms with Gasteiger partial charge >= 0.3 is 0 Å². The summed E-state index contributed by atoms with van der Waals surface area (Å²) in [5.41, 5.74) is 0.210. The lowest BCUT2D eigenvalue weighted by atomic mass is 9.92. The molecule has 1 aliphatic heterocycles. The van der Waals surface area contributed by atoms with Gasteiger partial charge in [-0.15, -0.1) is 12.4 Å². The number of halogens is 1. The van der Waals surface area contributed by atoms with E-state index in [4.69, 9.17) is 4.52 Å². The van der Waals surface area contributed by atoms with Crippen LogP contribution in [0.5, 0.6) is 0 Å². The number of aromatic nitrogens is 2. The van der Waals surface area contributed by atoms with Crippen LogP contribution in [0.15, 0.2) is 4.52 Å². The number of nitrogens with one attached hydrogen (secondary N) is 1. The normalized spacial score (nSPS) is 17.0. The first-order valence-corrected chi connectivity index (χ1v) is 5.08. The third kappa shape index (κ3) is 3.18.